The van der Waals surface area contributed by atoms with Crippen LogP contribution in [0.2, 0.25) is 0 Å². The Bertz CT molecular complexity index is 493. The average Bonchev–Trinajstić information content (AvgIpc) is 2.79. The lowest BCUT2D eigenvalue weighted by molar-refractivity contribution is 0.348. The summed E-state index contributed by atoms with van der Waals surface area (Å²) in [6.45, 7) is 4.11. The lowest BCUT2D eigenvalue weighted by Gasteiger charge is -2.02. The van der Waals surface area contributed by atoms with E-state index in [0.717, 1.165) is 24.0 Å². The fourth-order valence-electron chi connectivity index (χ4n) is 1.75. The molecule has 1 heterocycles. The molecule has 0 bridgehead atoms. The van der Waals surface area contributed by atoms with Crippen molar-refractivity contribution in [1.82, 2.24) is 10.1 Å². The Labute approximate surface area is 101 Å². The van der Waals surface area contributed by atoms with Crippen LogP contribution in [0.15, 0.2) is 28.8 Å². The first-order valence-electron chi connectivity index (χ1n) is 5.87. The maximum Gasteiger partial charge on any atom is 0.243 e. The molecule has 0 aliphatic heterocycles. The Morgan fingerprint density at radius 1 is 1.35 bits per heavy atom. The van der Waals surface area contributed by atoms with Crippen LogP contribution in [0.4, 0.5) is 0 Å². The molecule has 0 fully saturated rings. The quantitative estimate of drug-likeness (QED) is 0.878. The number of nitrogens with two attached hydrogens (primary N) is 1. The summed E-state index contributed by atoms with van der Waals surface area (Å²) in [4.78, 5) is 4.36. The van der Waals surface area contributed by atoms with Gasteiger partial charge in [-0.15, -0.1) is 0 Å². The van der Waals surface area contributed by atoms with E-state index in [-0.39, 0.29) is 6.04 Å². The largest absolute Gasteiger partial charge is 0.337 e. The molecule has 90 valence electrons. The van der Waals surface area contributed by atoms with Gasteiger partial charge < -0.3 is 10.3 Å². The third kappa shape index (κ3) is 2.53. The zero-order valence-corrected chi connectivity index (χ0v) is 10.2. The van der Waals surface area contributed by atoms with E-state index in [1.54, 1.807) is 0 Å². The summed E-state index contributed by atoms with van der Waals surface area (Å²) >= 11 is 0. The topological polar surface area (TPSA) is 64.9 Å². The molecule has 0 radical (unpaired) electrons. The van der Waals surface area contributed by atoms with Crippen LogP contribution in [-0.2, 0) is 0 Å². The molecule has 0 aliphatic carbocycles. The highest BCUT2D eigenvalue weighted by atomic mass is 16.5. The number of hydrogen-bond donors (Lipinski definition) is 1. The molecule has 1 aromatic heterocycles. The van der Waals surface area contributed by atoms with E-state index in [0.29, 0.717) is 11.7 Å². The first-order chi connectivity index (χ1) is 8.22. The summed E-state index contributed by atoms with van der Waals surface area (Å²) in [5, 5.41) is 3.98. The van der Waals surface area contributed by atoms with Gasteiger partial charge in [0.15, 0.2) is 0 Å². The SMILES string of the molecule is CCC[C@H](N)c1nc(-c2ccccc2C)no1. The molecule has 2 aromatic rings. The van der Waals surface area contributed by atoms with Crippen LogP contribution in [0, 0.1) is 6.92 Å². The van der Waals surface area contributed by atoms with Crippen LogP contribution in [0.3, 0.4) is 0 Å². The summed E-state index contributed by atoms with van der Waals surface area (Å²) in [7, 11) is 0. The molecule has 0 saturated carbocycles. The molecule has 17 heavy (non-hydrogen) atoms. The van der Waals surface area contributed by atoms with Gasteiger partial charge in [-0.05, 0) is 18.9 Å². The van der Waals surface area contributed by atoms with E-state index in [1.165, 1.54) is 0 Å². The van der Waals surface area contributed by atoms with Crippen molar-refractivity contribution in [2.75, 3.05) is 0 Å². The van der Waals surface area contributed by atoms with E-state index >= 15 is 0 Å². The minimum absolute atomic E-state index is 0.162. The van der Waals surface area contributed by atoms with Crippen LogP contribution < -0.4 is 5.73 Å². The van der Waals surface area contributed by atoms with Crippen LogP contribution >= 0.6 is 0 Å². The van der Waals surface area contributed by atoms with Gasteiger partial charge in [0.25, 0.3) is 0 Å². The van der Waals surface area contributed by atoms with Crippen molar-refractivity contribution in [2.24, 2.45) is 5.73 Å². The highest BCUT2D eigenvalue weighted by molar-refractivity contribution is 5.58. The summed E-state index contributed by atoms with van der Waals surface area (Å²) in [6, 6.07) is 7.80. The maximum atomic E-state index is 5.94. The second kappa shape index (κ2) is 5.10. The van der Waals surface area contributed by atoms with Crippen molar-refractivity contribution in [3.05, 3.63) is 35.7 Å². The fraction of sp³-hybridized carbons (Fsp3) is 0.385. The van der Waals surface area contributed by atoms with Crippen LogP contribution in [-0.4, -0.2) is 10.1 Å². The zero-order chi connectivity index (χ0) is 12.3. The predicted molar refractivity (Wildman–Crippen MR) is 66.3 cm³/mol. The second-order valence-corrected chi connectivity index (χ2v) is 4.17. The Hall–Kier alpha value is -1.68. The first kappa shape index (κ1) is 11.8. The molecule has 0 saturated heterocycles. The van der Waals surface area contributed by atoms with Gasteiger partial charge in [0.05, 0.1) is 6.04 Å². The first-order valence-corrected chi connectivity index (χ1v) is 5.87. The van der Waals surface area contributed by atoms with E-state index < -0.39 is 0 Å². The van der Waals surface area contributed by atoms with Crippen molar-refractivity contribution in [1.29, 1.82) is 0 Å². The number of benzene rings is 1. The van der Waals surface area contributed by atoms with E-state index in [2.05, 4.69) is 17.1 Å². The molecule has 1 aromatic carbocycles. The summed E-state index contributed by atoms with van der Waals surface area (Å²) in [5.41, 5.74) is 8.06. The molecule has 0 aliphatic rings. The van der Waals surface area contributed by atoms with Crippen molar-refractivity contribution < 1.29 is 4.52 Å². The molecule has 2 N–H and O–H groups in total. The van der Waals surface area contributed by atoms with Gasteiger partial charge >= 0.3 is 0 Å². The van der Waals surface area contributed by atoms with Gasteiger partial charge in [-0.2, -0.15) is 4.98 Å². The highest BCUT2D eigenvalue weighted by Gasteiger charge is 2.15. The standard InChI is InChI=1S/C13H17N3O/c1-3-6-11(14)13-15-12(16-17-13)10-8-5-4-7-9(10)2/h4-5,7-8,11H,3,6,14H2,1-2H3/t11-/m0/s1. The monoisotopic (exact) mass is 231 g/mol. The van der Waals surface area contributed by atoms with Gasteiger partial charge in [0, 0.05) is 5.56 Å². The van der Waals surface area contributed by atoms with E-state index in [4.69, 9.17) is 10.3 Å². The minimum atomic E-state index is -0.162. The van der Waals surface area contributed by atoms with E-state index in [1.807, 2.05) is 31.2 Å². The minimum Gasteiger partial charge on any atom is -0.337 e. The molecule has 2 rings (SSSR count). The van der Waals surface area contributed by atoms with Gasteiger partial charge in [-0.25, -0.2) is 0 Å². The van der Waals surface area contributed by atoms with Crippen molar-refractivity contribution >= 4 is 0 Å². The molecule has 1 atom stereocenters. The van der Waals surface area contributed by atoms with E-state index in [9.17, 15) is 0 Å². The molecular formula is C13H17N3O. The maximum absolute atomic E-state index is 5.94. The predicted octanol–water partition coefficient (Wildman–Crippen LogP) is 2.84. The fourth-order valence-corrected chi connectivity index (χ4v) is 1.75. The molecule has 0 unspecified atom stereocenters. The zero-order valence-electron chi connectivity index (χ0n) is 10.2. The number of aryl methyl sites for hydroxylation is 1. The normalized spacial score (nSPS) is 12.6. The molecule has 4 nitrogen and oxygen atoms in total. The van der Waals surface area contributed by atoms with Crippen LogP contribution in [0.25, 0.3) is 11.4 Å². The van der Waals surface area contributed by atoms with Gasteiger partial charge in [-0.1, -0.05) is 42.8 Å². The van der Waals surface area contributed by atoms with Gasteiger partial charge in [0.1, 0.15) is 0 Å². The van der Waals surface area contributed by atoms with Gasteiger partial charge in [0.2, 0.25) is 11.7 Å². The van der Waals surface area contributed by atoms with Crippen molar-refractivity contribution in [3.63, 3.8) is 0 Å². The number of nitrogens with zero attached hydrogens (tertiary/aromatic N) is 2. The lowest BCUT2D eigenvalue weighted by Crippen LogP contribution is -2.09. The third-order valence-electron chi connectivity index (χ3n) is 2.74. The third-order valence-corrected chi connectivity index (χ3v) is 2.74. The van der Waals surface area contributed by atoms with Crippen LogP contribution in [0.5, 0.6) is 0 Å². The summed E-state index contributed by atoms with van der Waals surface area (Å²) < 4.78 is 5.20. The van der Waals surface area contributed by atoms with Crippen LogP contribution in [0.1, 0.15) is 37.3 Å². The summed E-state index contributed by atoms with van der Waals surface area (Å²) in [5.74, 6) is 1.13. The number of aromatic nitrogens is 2. The number of rotatable bonds is 4. The van der Waals surface area contributed by atoms with Gasteiger partial charge in [-0.3, -0.25) is 0 Å². The smallest absolute Gasteiger partial charge is 0.243 e. The van der Waals surface area contributed by atoms with Crippen molar-refractivity contribution in [3.8, 4) is 11.4 Å². The highest BCUT2D eigenvalue weighted by Crippen LogP contribution is 2.22. The average molecular weight is 231 g/mol. The summed E-state index contributed by atoms with van der Waals surface area (Å²) in [6.07, 6.45) is 1.86. The Kier molecular flexibility index (Phi) is 3.54. The Morgan fingerprint density at radius 2 is 2.12 bits per heavy atom. The lowest BCUT2D eigenvalue weighted by atomic mass is 10.1. The molecule has 4 heteroatoms. The Balaban J connectivity index is 2.27. The molecule has 0 amide bonds. The van der Waals surface area contributed by atoms with Crippen molar-refractivity contribution in [2.45, 2.75) is 32.7 Å². The molecule has 0 spiro atoms. The second-order valence-electron chi connectivity index (χ2n) is 4.17. The molecular weight excluding hydrogens is 214 g/mol. The Morgan fingerprint density at radius 3 is 2.82 bits per heavy atom. The number of hydrogen-bond acceptors (Lipinski definition) is 4.